The van der Waals surface area contributed by atoms with E-state index >= 15 is 0 Å². The first-order chi connectivity index (χ1) is 8.38. The number of thiol groups is 1. The summed E-state index contributed by atoms with van der Waals surface area (Å²) in [6.45, 7) is 3.71. The second-order valence-electron chi connectivity index (χ2n) is 4.56. The standard InChI is InChI=1S/C12H14AsNO2S2/c1-12(2,17)9(10(15)16)13-11-14-7-5-3-4-6-8(7)18-11/h3-6,9,13,17H,1-2H3,(H,15,16). The molecule has 2 unspecified atom stereocenters. The van der Waals surface area contributed by atoms with Gasteiger partial charge >= 0.3 is 122 Å². The molecule has 96 valence electrons. The number of rotatable bonds is 4. The fourth-order valence-corrected chi connectivity index (χ4v) is 6.40. The molecular formula is C12H14AsNO2S2. The van der Waals surface area contributed by atoms with E-state index in [0.29, 0.717) is 0 Å². The van der Waals surface area contributed by atoms with Crippen molar-refractivity contribution >= 4 is 59.7 Å². The van der Waals surface area contributed by atoms with E-state index in [9.17, 15) is 9.90 Å². The molecule has 6 heteroatoms. The average molecular weight is 343 g/mol. The number of aliphatic carboxylic acids is 1. The van der Waals surface area contributed by atoms with E-state index in [1.165, 1.54) is 0 Å². The predicted octanol–water partition coefficient (Wildman–Crippen LogP) is 1.94. The van der Waals surface area contributed by atoms with Crippen molar-refractivity contribution in [3.8, 4) is 0 Å². The molecule has 2 rings (SSSR count). The number of benzene rings is 1. The molecule has 0 aliphatic heterocycles. The molecule has 1 aromatic carbocycles. The van der Waals surface area contributed by atoms with Crippen LogP contribution in [0.2, 0.25) is 4.71 Å². The summed E-state index contributed by atoms with van der Waals surface area (Å²) >= 11 is 5.18. The molecule has 2 aromatic rings. The molecule has 0 aliphatic carbocycles. The Hall–Kier alpha value is -0.512. The van der Waals surface area contributed by atoms with Gasteiger partial charge in [-0.15, -0.1) is 0 Å². The van der Waals surface area contributed by atoms with Gasteiger partial charge in [-0.3, -0.25) is 0 Å². The van der Waals surface area contributed by atoms with Gasteiger partial charge in [-0.05, 0) is 0 Å². The van der Waals surface area contributed by atoms with Gasteiger partial charge in [0.1, 0.15) is 0 Å². The summed E-state index contributed by atoms with van der Waals surface area (Å²) in [7, 11) is 0. The van der Waals surface area contributed by atoms with E-state index < -0.39 is 31.2 Å². The topological polar surface area (TPSA) is 50.2 Å². The van der Waals surface area contributed by atoms with E-state index in [4.69, 9.17) is 0 Å². The number of carboxylic acid groups (broad SMARTS) is 1. The van der Waals surface area contributed by atoms with Gasteiger partial charge in [0.05, 0.1) is 0 Å². The Morgan fingerprint density at radius 3 is 2.72 bits per heavy atom. The summed E-state index contributed by atoms with van der Waals surface area (Å²) in [5.74, 6) is -0.769. The van der Waals surface area contributed by atoms with E-state index in [-0.39, 0.29) is 0 Å². The number of hydrogen-bond donors (Lipinski definition) is 2. The molecule has 3 nitrogen and oxygen atoms in total. The van der Waals surface area contributed by atoms with Crippen molar-refractivity contribution in [3.05, 3.63) is 24.3 Å². The minimum absolute atomic E-state index is 0.415. The summed E-state index contributed by atoms with van der Waals surface area (Å²) in [6.07, 6.45) is 0. The molecule has 0 aliphatic rings. The van der Waals surface area contributed by atoms with Gasteiger partial charge in [0, 0.05) is 0 Å². The van der Waals surface area contributed by atoms with Crippen LogP contribution in [0.4, 0.5) is 0 Å². The molecule has 0 radical (unpaired) electrons. The van der Waals surface area contributed by atoms with Crippen LogP contribution in [0.25, 0.3) is 10.2 Å². The quantitative estimate of drug-likeness (QED) is 0.659. The Bertz CT molecular complexity index is 544. The maximum atomic E-state index is 11.3. The number of carbonyl (C=O) groups is 1. The summed E-state index contributed by atoms with van der Waals surface area (Å²) in [6, 6.07) is 7.90. The number of fused-ring (bicyclic) bond motifs is 1. The van der Waals surface area contributed by atoms with Gasteiger partial charge in [0.25, 0.3) is 0 Å². The maximum absolute atomic E-state index is 11.3. The Labute approximate surface area is 122 Å². The van der Waals surface area contributed by atoms with E-state index in [0.717, 1.165) is 14.0 Å². The van der Waals surface area contributed by atoms with Crippen molar-refractivity contribution in [1.29, 1.82) is 0 Å². The number of hydrogen-bond acceptors (Lipinski definition) is 4. The molecule has 18 heavy (non-hydrogen) atoms. The SMILES string of the molecule is CC(C)(S)C([AsH]c1nc2ccccc2s1)C(=O)O. The van der Waals surface area contributed by atoms with Crippen LogP contribution in [0.15, 0.2) is 24.3 Å². The molecule has 2 atom stereocenters. The van der Waals surface area contributed by atoms with Crippen molar-refractivity contribution in [1.82, 2.24) is 4.98 Å². The third kappa shape index (κ3) is 3.08. The van der Waals surface area contributed by atoms with Crippen LogP contribution in [0, 0.1) is 0 Å². The predicted molar refractivity (Wildman–Crippen MR) is 80.9 cm³/mol. The second-order valence-corrected chi connectivity index (χ2v) is 10.3. The van der Waals surface area contributed by atoms with Gasteiger partial charge in [-0.2, -0.15) is 0 Å². The fraction of sp³-hybridized carbons (Fsp3) is 0.333. The molecule has 1 heterocycles. The molecule has 1 N–H and O–H groups in total. The number of para-hydroxylation sites is 1. The van der Waals surface area contributed by atoms with Crippen molar-refractivity contribution in [2.75, 3.05) is 0 Å². The van der Waals surface area contributed by atoms with Crippen LogP contribution in [0.5, 0.6) is 0 Å². The number of nitrogens with zero attached hydrogens (tertiary/aromatic N) is 1. The summed E-state index contributed by atoms with van der Waals surface area (Å²) in [5.41, 5.74) is 0.961. The first-order valence-corrected chi connectivity index (χ1v) is 8.97. The Balaban J connectivity index is 2.29. The van der Waals surface area contributed by atoms with E-state index in [2.05, 4.69) is 17.6 Å². The van der Waals surface area contributed by atoms with E-state index in [1.54, 1.807) is 11.3 Å². The minimum atomic E-state index is -0.837. The van der Waals surface area contributed by atoms with Crippen LogP contribution < -0.4 is 3.80 Å². The Morgan fingerprint density at radius 1 is 1.50 bits per heavy atom. The monoisotopic (exact) mass is 343 g/mol. The van der Waals surface area contributed by atoms with Crippen molar-refractivity contribution < 1.29 is 9.90 Å². The van der Waals surface area contributed by atoms with Crippen molar-refractivity contribution in [2.24, 2.45) is 0 Å². The van der Waals surface area contributed by atoms with Crippen molar-refractivity contribution in [2.45, 2.75) is 23.3 Å². The fourth-order valence-electron chi connectivity index (χ4n) is 1.60. The van der Waals surface area contributed by atoms with Gasteiger partial charge in [-0.25, -0.2) is 0 Å². The molecule has 0 saturated heterocycles. The van der Waals surface area contributed by atoms with Crippen LogP contribution in [0.3, 0.4) is 0 Å². The molecule has 0 fully saturated rings. The second kappa shape index (κ2) is 5.23. The Morgan fingerprint density at radius 2 is 2.17 bits per heavy atom. The zero-order valence-electron chi connectivity index (χ0n) is 10.0. The van der Waals surface area contributed by atoms with Gasteiger partial charge in [0.2, 0.25) is 0 Å². The summed E-state index contributed by atoms with van der Waals surface area (Å²) in [4.78, 5) is 15.9. The Kier molecular flexibility index (Phi) is 4.05. The first kappa shape index (κ1) is 13.9. The molecule has 0 amide bonds. The molecule has 1 aromatic heterocycles. The van der Waals surface area contributed by atoms with Crippen LogP contribution in [-0.2, 0) is 4.79 Å². The molecular weight excluding hydrogens is 329 g/mol. The molecule has 0 spiro atoms. The van der Waals surface area contributed by atoms with Crippen LogP contribution >= 0.6 is 24.0 Å². The average Bonchev–Trinajstić information content (AvgIpc) is 2.66. The van der Waals surface area contributed by atoms with Crippen LogP contribution in [-0.4, -0.2) is 36.6 Å². The number of thiazole rings is 1. The molecule has 0 bridgehead atoms. The van der Waals surface area contributed by atoms with Gasteiger partial charge in [-0.1, -0.05) is 0 Å². The van der Waals surface area contributed by atoms with Crippen LogP contribution in [0.1, 0.15) is 13.8 Å². The number of aromatic nitrogens is 1. The third-order valence-electron chi connectivity index (χ3n) is 2.52. The zero-order chi connectivity index (χ0) is 13.3. The van der Waals surface area contributed by atoms with Gasteiger partial charge in [0.15, 0.2) is 0 Å². The first-order valence-electron chi connectivity index (χ1n) is 5.45. The zero-order valence-corrected chi connectivity index (χ0v) is 13.9. The summed E-state index contributed by atoms with van der Waals surface area (Å²) < 4.78 is 1.17. The molecule has 0 saturated carbocycles. The van der Waals surface area contributed by atoms with Gasteiger partial charge < -0.3 is 0 Å². The number of carboxylic acids is 1. The normalized spacial score (nSPS) is 14.4. The van der Waals surface area contributed by atoms with E-state index in [1.807, 2.05) is 38.1 Å². The third-order valence-corrected chi connectivity index (χ3v) is 8.78. The van der Waals surface area contributed by atoms with Crippen molar-refractivity contribution in [3.63, 3.8) is 0 Å². The summed E-state index contributed by atoms with van der Waals surface area (Å²) in [5, 5.41) is 9.30.